The lowest BCUT2D eigenvalue weighted by Gasteiger charge is -2.24. The molecule has 1 atom stereocenters. The maximum Gasteiger partial charge on any atom is 0.127 e. The zero-order valence-corrected chi connectivity index (χ0v) is 14.7. The van der Waals surface area contributed by atoms with Crippen molar-refractivity contribution in [1.29, 1.82) is 0 Å². The highest BCUT2D eigenvalue weighted by atomic mass is 127. The van der Waals surface area contributed by atoms with Crippen LogP contribution in [0.5, 0.6) is 11.5 Å². The highest BCUT2D eigenvalue weighted by Crippen LogP contribution is 2.38. The van der Waals surface area contributed by atoms with Crippen molar-refractivity contribution in [2.45, 2.75) is 13.0 Å². The molecule has 0 bridgehead atoms. The third-order valence-corrected chi connectivity index (χ3v) is 4.36. The number of methoxy groups -OCH3 is 2. The Morgan fingerprint density at radius 3 is 2.14 bits per heavy atom. The highest BCUT2D eigenvalue weighted by Gasteiger charge is 2.23. The summed E-state index contributed by atoms with van der Waals surface area (Å²) in [5.41, 5.74) is 2.26. The normalized spacial score (nSPS) is 12.0. The van der Waals surface area contributed by atoms with Gasteiger partial charge in [-0.3, -0.25) is 0 Å². The fourth-order valence-corrected chi connectivity index (χ4v) is 3.14. The summed E-state index contributed by atoms with van der Waals surface area (Å²) in [6.07, 6.45) is 0. The Morgan fingerprint density at radius 2 is 1.62 bits per heavy atom. The minimum Gasteiger partial charge on any atom is -0.496 e. The number of nitrogens with one attached hydrogen (secondary N) is 1. The van der Waals surface area contributed by atoms with Gasteiger partial charge in [0.15, 0.2) is 0 Å². The Labute approximate surface area is 139 Å². The van der Waals surface area contributed by atoms with Gasteiger partial charge in [-0.2, -0.15) is 0 Å². The van der Waals surface area contributed by atoms with E-state index in [1.165, 1.54) is 9.13 Å². The number of benzene rings is 2. The first kappa shape index (κ1) is 16.1. The largest absolute Gasteiger partial charge is 0.496 e. The van der Waals surface area contributed by atoms with Gasteiger partial charge in [-0.25, -0.2) is 0 Å². The van der Waals surface area contributed by atoms with Crippen LogP contribution in [0.3, 0.4) is 0 Å². The van der Waals surface area contributed by atoms with Gasteiger partial charge in [0.1, 0.15) is 11.5 Å². The van der Waals surface area contributed by atoms with Crippen LogP contribution < -0.4 is 14.8 Å². The standard InChI is InChI=1S/C17H20INO2/c1-4-19-17(12-8-5-6-9-13(12)18)16-14(20-2)10-7-11-15(16)21-3/h5-11,17,19H,4H2,1-3H3. The molecule has 4 heteroatoms. The molecule has 0 spiro atoms. The molecule has 0 aliphatic carbocycles. The molecule has 0 aliphatic rings. The Bertz CT molecular complexity index is 579. The van der Waals surface area contributed by atoms with Gasteiger partial charge in [0.25, 0.3) is 0 Å². The molecule has 0 radical (unpaired) electrons. The van der Waals surface area contributed by atoms with E-state index in [2.05, 4.69) is 53.0 Å². The van der Waals surface area contributed by atoms with Crippen LogP contribution in [0.4, 0.5) is 0 Å². The van der Waals surface area contributed by atoms with Crippen molar-refractivity contribution >= 4 is 22.6 Å². The first-order valence-corrected chi connectivity index (χ1v) is 7.99. The fourth-order valence-electron chi connectivity index (χ4n) is 2.45. The van der Waals surface area contributed by atoms with E-state index in [9.17, 15) is 0 Å². The molecule has 2 aromatic carbocycles. The van der Waals surface area contributed by atoms with Crippen LogP contribution in [0.2, 0.25) is 0 Å². The van der Waals surface area contributed by atoms with Crippen molar-refractivity contribution < 1.29 is 9.47 Å². The summed E-state index contributed by atoms with van der Waals surface area (Å²) in [5.74, 6) is 1.67. The van der Waals surface area contributed by atoms with E-state index in [0.29, 0.717) is 0 Å². The second-order valence-corrected chi connectivity index (χ2v) is 5.75. The molecule has 0 fully saturated rings. The summed E-state index contributed by atoms with van der Waals surface area (Å²) in [6, 6.07) is 14.3. The van der Waals surface area contributed by atoms with Crippen LogP contribution in [-0.2, 0) is 0 Å². The number of hydrogen-bond acceptors (Lipinski definition) is 3. The van der Waals surface area contributed by atoms with Gasteiger partial charge >= 0.3 is 0 Å². The average Bonchev–Trinajstić information content (AvgIpc) is 2.52. The number of hydrogen-bond donors (Lipinski definition) is 1. The molecule has 2 rings (SSSR count). The first-order valence-electron chi connectivity index (χ1n) is 6.91. The molecule has 0 aromatic heterocycles. The summed E-state index contributed by atoms with van der Waals surface area (Å²) in [4.78, 5) is 0. The van der Waals surface area contributed by atoms with Crippen LogP contribution in [0.1, 0.15) is 24.1 Å². The molecule has 0 saturated carbocycles. The third-order valence-electron chi connectivity index (χ3n) is 3.38. The van der Waals surface area contributed by atoms with Crippen molar-refractivity contribution in [2.24, 2.45) is 0 Å². The van der Waals surface area contributed by atoms with Crippen LogP contribution in [0, 0.1) is 3.57 Å². The summed E-state index contributed by atoms with van der Waals surface area (Å²) >= 11 is 2.37. The van der Waals surface area contributed by atoms with Crippen molar-refractivity contribution in [3.05, 3.63) is 57.2 Å². The molecule has 2 aromatic rings. The quantitative estimate of drug-likeness (QED) is 0.748. The monoisotopic (exact) mass is 397 g/mol. The maximum absolute atomic E-state index is 5.55. The van der Waals surface area contributed by atoms with Gasteiger partial charge in [0, 0.05) is 3.57 Å². The van der Waals surface area contributed by atoms with Crippen molar-refractivity contribution in [3.8, 4) is 11.5 Å². The van der Waals surface area contributed by atoms with Crippen molar-refractivity contribution in [2.75, 3.05) is 20.8 Å². The molecule has 1 N–H and O–H groups in total. The topological polar surface area (TPSA) is 30.5 Å². The number of ether oxygens (including phenoxy) is 2. The Morgan fingerprint density at radius 1 is 1.00 bits per heavy atom. The van der Waals surface area contributed by atoms with Gasteiger partial charge in [-0.15, -0.1) is 0 Å². The SMILES string of the molecule is CCNC(c1ccccc1I)c1c(OC)cccc1OC. The van der Waals surface area contributed by atoms with Crippen LogP contribution in [0.25, 0.3) is 0 Å². The zero-order chi connectivity index (χ0) is 15.2. The molecule has 21 heavy (non-hydrogen) atoms. The van der Waals surface area contributed by atoms with Gasteiger partial charge in [-0.1, -0.05) is 31.2 Å². The van der Waals surface area contributed by atoms with E-state index in [0.717, 1.165) is 23.6 Å². The molecule has 112 valence electrons. The molecule has 3 nitrogen and oxygen atoms in total. The molecule has 0 amide bonds. The Balaban J connectivity index is 2.61. The van der Waals surface area contributed by atoms with Gasteiger partial charge < -0.3 is 14.8 Å². The highest BCUT2D eigenvalue weighted by molar-refractivity contribution is 14.1. The van der Waals surface area contributed by atoms with E-state index < -0.39 is 0 Å². The lowest BCUT2D eigenvalue weighted by molar-refractivity contribution is 0.377. The molecule has 0 heterocycles. The first-order chi connectivity index (χ1) is 10.2. The molecule has 1 unspecified atom stereocenters. The third kappa shape index (κ3) is 3.49. The van der Waals surface area contributed by atoms with Crippen molar-refractivity contribution in [1.82, 2.24) is 5.32 Å². The lowest BCUT2D eigenvalue weighted by atomic mass is 9.96. The maximum atomic E-state index is 5.55. The Kier molecular flexibility index (Phi) is 5.87. The summed E-state index contributed by atoms with van der Waals surface area (Å²) in [7, 11) is 3.38. The zero-order valence-electron chi connectivity index (χ0n) is 12.5. The Hall–Kier alpha value is -1.27. The summed E-state index contributed by atoms with van der Waals surface area (Å²) in [5, 5.41) is 3.54. The van der Waals surface area contributed by atoms with E-state index in [-0.39, 0.29) is 6.04 Å². The smallest absolute Gasteiger partial charge is 0.127 e. The van der Waals surface area contributed by atoms with E-state index in [4.69, 9.17) is 9.47 Å². The van der Waals surface area contributed by atoms with Gasteiger partial charge in [-0.05, 0) is 52.9 Å². The second kappa shape index (κ2) is 7.66. The predicted molar refractivity (Wildman–Crippen MR) is 94.2 cm³/mol. The fraction of sp³-hybridized carbons (Fsp3) is 0.294. The second-order valence-electron chi connectivity index (χ2n) is 4.59. The molecule has 0 saturated heterocycles. The lowest BCUT2D eigenvalue weighted by Crippen LogP contribution is -2.24. The van der Waals surface area contributed by atoms with E-state index in [1.54, 1.807) is 14.2 Å². The van der Waals surface area contributed by atoms with Crippen molar-refractivity contribution in [3.63, 3.8) is 0 Å². The predicted octanol–water partition coefficient (Wildman–Crippen LogP) is 4.01. The summed E-state index contributed by atoms with van der Waals surface area (Å²) in [6.45, 7) is 2.96. The molecular formula is C17H20INO2. The molecular weight excluding hydrogens is 377 g/mol. The number of halogens is 1. The van der Waals surface area contributed by atoms with Gasteiger partial charge in [0.05, 0.1) is 25.8 Å². The van der Waals surface area contributed by atoms with E-state index in [1.807, 2.05) is 24.3 Å². The van der Waals surface area contributed by atoms with E-state index >= 15 is 0 Å². The van der Waals surface area contributed by atoms with Crippen LogP contribution in [0.15, 0.2) is 42.5 Å². The van der Waals surface area contributed by atoms with Gasteiger partial charge in [0.2, 0.25) is 0 Å². The minimum absolute atomic E-state index is 0.0363. The van der Waals surface area contributed by atoms with Crippen LogP contribution >= 0.6 is 22.6 Å². The van der Waals surface area contributed by atoms with Crippen LogP contribution in [-0.4, -0.2) is 20.8 Å². The summed E-state index contributed by atoms with van der Waals surface area (Å²) < 4.78 is 12.3. The number of rotatable bonds is 6. The minimum atomic E-state index is 0.0363. The average molecular weight is 397 g/mol. The molecule has 0 aliphatic heterocycles.